The zero-order valence-electron chi connectivity index (χ0n) is 15.3. The van der Waals surface area contributed by atoms with Gasteiger partial charge in [0.1, 0.15) is 17.0 Å². The van der Waals surface area contributed by atoms with Crippen LogP contribution in [-0.2, 0) is 10.3 Å². The van der Waals surface area contributed by atoms with E-state index < -0.39 is 29.8 Å². The van der Waals surface area contributed by atoms with E-state index in [1.807, 2.05) is 6.07 Å². The van der Waals surface area contributed by atoms with Gasteiger partial charge in [0.15, 0.2) is 5.78 Å². The molecule has 0 saturated carbocycles. The monoisotopic (exact) mass is 368 g/mol. The first kappa shape index (κ1) is 18.4. The second-order valence-corrected chi connectivity index (χ2v) is 6.30. The zero-order valence-corrected chi connectivity index (χ0v) is 15.3. The predicted molar refractivity (Wildman–Crippen MR) is 97.9 cm³/mol. The largest absolute Gasteiger partial charge is 0.497 e. The van der Waals surface area contributed by atoms with Crippen LogP contribution in [0.4, 0.5) is 4.79 Å². The molecule has 0 aliphatic carbocycles. The van der Waals surface area contributed by atoms with E-state index in [1.165, 1.54) is 20.3 Å². The minimum Gasteiger partial charge on any atom is -0.497 e. The number of nitrogens with zero attached hydrogens (tertiary/aromatic N) is 1. The van der Waals surface area contributed by atoms with Gasteiger partial charge < -0.3 is 14.8 Å². The van der Waals surface area contributed by atoms with Gasteiger partial charge in [-0.15, -0.1) is 0 Å². The first-order valence-electron chi connectivity index (χ1n) is 8.35. The summed E-state index contributed by atoms with van der Waals surface area (Å²) in [4.78, 5) is 39.0. The molecule has 0 unspecified atom stereocenters. The number of ketones is 1. The molecule has 7 nitrogen and oxygen atoms in total. The van der Waals surface area contributed by atoms with Crippen molar-refractivity contribution in [3.63, 3.8) is 0 Å². The fourth-order valence-electron chi connectivity index (χ4n) is 3.07. The number of imide groups is 1. The summed E-state index contributed by atoms with van der Waals surface area (Å²) in [6.45, 7) is 1.23. The number of hydrogen-bond acceptors (Lipinski definition) is 5. The number of ether oxygens (including phenoxy) is 2. The van der Waals surface area contributed by atoms with Crippen LogP contribution in [-0.4, -0.2) is 43.4 Å². The van der Waals surface area contributed by atoms with E-state index in [4.69, 9.17) is 9.47 Å². The SMILES string of the molecule is COc1ccc(OC)c(C(=O)CN2C(=O)N[C@@](C)(c3ccccc3)C2=O)c1. The van der Waals surface area contributed by atoms with E-state index in [0.29, 0.717) is 17.1 Å². The van der Waals surface area contributed by atoms with Gasteiger partial charge in [-0.3, -0.25) is 14.5 Å². The van der Waals surface area contributed by atoms with Gasteiger partial charge in [-0.2, -0.15) is 0 Å². The molecule has 1 N–H and O–H groups in total. The normalized spacial score (nSPS) is 19.0. The summed E-state index contributed by atoms with van der Waals surface area (Å²) in [6, 6.07) is 13.1. The lowest BCUT2D eigenvalue weighted by molar-refractivity contribution is -0.130. The summed E-state index contributed by atoms with van der Waals surface area (Å²) in [5.41, 5.74) is -0.320. The zero-order chi connectivity index (χ0) is 19.6. The average Bonchev–Trinajstić information content (AvgIpc) is 2.92. The summed E-state index contributed by atoms with van der Waals surface area (Å²) >= 11 is 0. The number of Topliss-reactive ketones (excluding diaryl/α,β-unsaturated/α-hetero) is 1. The van der Waals surface area contributed by atoms with E-state index in [-0.39, 0.29) is 5.56 Å². The molecule has 7 heteroatoms. The average molecular weight is 368 g/mol. The molecule has 0 spiro atoms. The molecular weight excluding hydrogens is 348 g/mol. The Morgan fingerprint density at radius 3 is 2.41 bits per heavy atom. The molecule has 1 aliphatic heterocycles. The number of urea groups is 1. The van der Waals surface area contributed by atoms with Crippen molar-refractivity contribution in [3.05, 3.63) is 59.7 Å². The van der Waals surface area contributed by atoms with Crippen LogP contribution in [0, 0.1) is 0 Å². The van der Waals surface area contributed by atoms with E-state index in [2.05, 4.69) is 5.32 Å². The van der Waals surface area contributed by atoms with Crippen LogP contribution in [0.2, 0.25) is 0 Å². The molecule has 2 aromatic rings. The molecule has 1 aliphatic rings. The van der Waals surface area contributed by atoms with Crippen LogP contribution in [0.1, 0.15) is 22.8 Å². The predicted octanol–water partition coefficient (Wildman–Crippen LogP) is 2.35. The Balaban J connectivity index is 1.87. The van der Waals surface area contributed by atoms with Crippen molar-refractivity contribution >= 4 is 17.7 Å². The van der Waals surface area contributed by atoms with Gasteiger partial charge >= 0.3 is 6.03 Å². The highest BCUT2D eigenvalue weighted by atomic mass is 16.5. The fraction of sp³-hybridized carbons (Fsp3) is 0.250. The van der Waals surface area contributed by atoms with Crippen molar-refractivity contribution in [2.24, 2.45) is 0 Å². The number of hydrogen-bond donors (Lipinski definition) is 1. The second kappa shape index (κ2) is 7.11. The van der Waals surface area contributed by atoms with Crippen molar-refractivity contribution in [2.75, 3.05) is 20.8 Å². The van der Waals surface area contributed by atoms with E-state index in [1.54, 1.807) is 43.3 Å². The van der Waals surface area contributed by atoms with Crippen LogP contribution in [0.15, 0.2) is 48.5 Å². The Bertz CT molecular complexity index is 897. The summed E-state index contributed by atoms with van der Waals surface area (Å²) < 4.78 is 10.4. The number of carbonyl (C=O) groups excluding carboxylic acids is 3. The Labute approximate surface area is 156 Å². The minimum atomic E-state index is -1.21. The Hall–Kier alpha value is -3.35. The molecule has 1 heterocycles. The second-order valence-electron chi connectivity index (χ2n) is 6.30. The maximum atomic E-state index is 12.9. The van der Waals surface area contributed by atoms with E-state index in [9.17, 15) is 14.4 Å². The number of methoxy groups -OCH3 is 2. The first-order valence-corrected chi connectivity index (χ1v) is 8.35. The van der Waals surface area contributed by atoms with Crippen LogP contribution >= 0.6 is 0 Å². The molecule has 140 valence electrons. The number of nitrogens with one attached hydrogen (secondary N) is 1. The highest BCUT2D eigenvalue weighted by Crippen LogP contribution is 2.30. The van der Waals surface area contributed by atoms with Crippen molar-refractivity contribution < 1.29 is 23.9 Å². The van der Waals surface area contributed by atoms with Gasteiger partial charge in [0.05, 0.1) is 26.3 Å². The van der Waals surface area contributed by atoms with Crippen molar-refractivity contribution in [2.45, 2.75) is 12.5 Å². The molecule has 3 amide bonds. The maximum Gasteiger partial charge on any atom is 0.325 e. The number of carbonyl (C=O) groups is 3. The standard InChI is InChI=1S/C20H20N2O5/c1-20(13-7-5-4-6-8-13)18(24)22(19(25)21-20)12-16(23)15-11-14(26-2)9-10-17(15)27-3/h4-11H,12H2,1-3H3,(H,21,25)/t20-/m0/s1. The van der Waals surface area contributed by atoms with Crippen molar-refractivity contribution in [1.29, 1.82) is 0 Å². The van der Waals surface area contributed by atoms with Gasteiger partial charge in [-0.1, -0.05) is 30.3 Å². The summed E-state index contributed by atoms with van der Waals surface area (Å²) in [5.74, 6) is -0.0791. The fourth-order valence-corrected chi connectivity index (χ4v) is 3.07. The number of rotatable bonds is 6. The third-order valence-electron chi connectivity index (χ3n) is 4.63. The number of benzene rings is 2. The summed E-state index contributed by atoms with van der Waals surface area (Å²) in [5, 5.41) is 2.68. The van der Waals surface area contributed by atoms with Gasteiger partial charge in [-0.25, -0.2) is 4.79 Å². The first-order chi connectivity index (χ1) is 12.9. The molecule has 0 bridgehead atoms. The molecule has 1 saturated heterocycles. The van der Waals surface area contributed by atoms with E-state index >= 15 is 0 Å². The molecule has 27 heavy (non-hydrogen) atoms. The van der Waals surface area contributed by atoms with Gasteiger partial charge in [-0.05, 0) is 30.7 Å². The summed E-state index contributed by atoms with van der Waals surface area (Å²) in [6.07, 6.45) is 0. The topological polar surface area (TPSA) is 84.9 Å². The van der Waals surface area contributed by atoms with Crippen LogP contribution in [0.5, 0.6) is 11.5 Å². The molecule has 1 atom stereocenters. The lowest BCUT2D eigenvalue weighted by atomic mass is 9.92. The van der Waals surface area contributed by atoms with E-state index in [0.717, 1.165) is 4.90 Å². The molecule has 1 fully saturated rings. The summed E-state index contributed by atoms with van der Waals surface area (Å²) in [7, 11) is 2.93. The Morgan fingerprint density at radius 1 is 1.07 bits per heavy atom. The quantitative estimate of drug-likeness (QED) is 0.625. The number of amides is 3. The molecule has 0 radical (unpaired) electrons. The molecule has 2 aromatic carbocycles. The highest BCUT2D eigenvalue weighted by molar-refractivity contribution is 6.11. The van der Waals surface area contributed by atoms with Crippen molar-refractivity contribution in [3.8, 4) is 11.5 Å². The lowest BCUT2D eigenvalue weighted by Gasteiger charge is -2.22. The van der Waals surface area contributed by atoms with Crippen molar-refractivity contribution in [1.82, 2.24) is 10.2 Å². The van der Waals surface area contributed by atoms with Gasteiger partial charge in [0, 0.05) is 0 Å². The third-order valence-corrected chi connectivity index (χ3v) is 4.63. The van der Waals surface area contributed by atoms with Crippen LogP contribution in [0.25, 0.3) is 0 Å². The van der Waals surface area contributed by atoms with Gasteiger partial charge in [0.25, 0.3) is 5.91 Å². The lowest BCUT2D eigenvalue weighted by Crippen LogP contribution is -2.41. The molecular formula is C20H20N2O5. The third kappa shape index (κ3) is 3.23. The van der Waals surface area contributed by atoms with Crippen LogP contribution in [0.3, 0.4) is 0 Å². The molecule has 0 aromatic heterocycles. The van der Waals surface area contributed by atoms with Crippen LogP contribution < -0.4 is 14.8 Å². The maximum absolute atomic E-state index is 12.9. The Kier molecular flexibility index (Phi) is 4.85. The minimum absolute atomic E-state index is 0.241. The Morgan fingerprint density at radius 2 is 1.78 bits per heavy atom. The highest BCUT2D eigenvalue weighted by Gasteiger charge is 2.49. The molecule has 3 rings (SSSR count). The smallest absolute Gasteiger partial charge is 0.325 e. The van der Waals surface area contributed by atoms with Gasteiger partial charge in [0.2, 0.25) is 0 Å².